The molecule has 21 heavy (non-hydrogen) atoms. The summed E-state index contributed by atoms with van der Waals surface area (Å²) in [5.41, 5.74) is 1.73. The topological polar surface area (TPSA) is 38.3 Å². The zero-order valence-corrected chi connectivity index (χ0v) is 13.7. The number of benzene rings is 2. The molecule has 0 aliphatic carbocycles. The fourth-order valence-electron chi connectivity index (χ4n) is 2.20. The SMILES string of the molecule is COc1ccccc1CC(C)NC(=O)c1ccccc1Br. The van der Waals surface area contributed by atoms with E-state index in [1.54, 1.807) is 13.2 Å². The fourth-order valence-corrected chi connectivity index (χ4v) is 2.66. The molecule has 0 radical (unpaired) electrons. The van der Waals surface area contributed by atoms with Crippen LogP contribution in [-0.2, 0) is 6.42 Å². The van der Waals surface area contributed by atoms with Gasteiger partial charge < -0.3 is 10.1 Å². The van der Waals surface area contributed by atoms with E-state index in [1.807, 2.05) is 49.4 Å². The number of hydrogen-bond donors (Lipinski definition) is 1. The summed E-state index contributed by atoms with van der Waals surface area (Å²) < 4.78 is 6.13. The van der Waals surface area contributed by atoms with E-state index in [1.165, 1.54) is 0 Å². The zero-order chi connectivity index (χ0) is 15.2. The van der Waals surface area contributed by atoms with E-state index < -0.39 is 0 Å². The van der Waals surface area contributed by atoms with Gasteiger partial charge >= 0.3 is 0 Å². The third-order valence-electron chi connectivity index (χ3n) is 3.21. The highest BCUT2D eigenvalue weighted by Crippen LogP contribution is 2.20. The molecule has 0 spiro atoms. The third kappa shape index (κ3) is 4.08. The largest absolute Gasteiger partial charge is 0.496 e. The highest BCUT2D eigenvalue weighted by atomic mass is 79.9. The van der Waals surface area contributed by atoms with Crippen LogP contribution in [0.4, 0.5) is 0 Å². The fraction of sp³-hybridized carbons (Fsp3) is 0.235. The molecule has 4 heteroatoms. The molecule has 0 aromatic heterocycles. The van der Waals surface area contributed by atoms with Gasteiger partial charge in [-0.2, -0.15) is 0 Å². The minimum absolute atomic E-state index is 0.0147. The Morgan fingerprint density at radius 2 is 1.86 bits per heavy atom. The lowest BCUT2D eigenvalue weighted by atomic mass is 10.1. The second-order valence-electron chi connectivity index (χ2n) is 4.87. The molecule has 110 valence electrons. The van der Waals surface area contributed by atoms with Crippen LogP contribution in [0.25, 0.3) is 0 Å². The van der Waals surface area contributed by atoms with Crippen LogP contribution in [0, 0.1) is 0 Å². The predicted octanol–water partition coefficient (Wildman–Crippen LogP) is 3.82. The van der Waals surface area contributed by atoms with Crippen molar-refractivity contribution in [1.82, 2.24) is 5.32 Å². The van der Waals surface area contributed by atoms with E-state index in [-0.39, 0.29) is 11.9 Å². The molecule has 0 saturated heterocycles. The van der Waals surface area contributed by atoms with Gasteiger partial charge in [-0.15, -0.1) is 0 Å². The number of methoxy groups -OCH3 is 1. The molecule has 1 N–H and O–H groups in total. The van der Waals surface area contributed by atoms with Gasteiger partial charge in [0.25, 0.3) is 5.91 Å². The summed E-state index contributed by atoms with van der Waals surface area (Å²) >= 11 is 3.40. The first-order chi connectivity index (χ1) is 10.1. The Kier molecular flexibility index (Phi) is 5.39. The molecular formula is C17H18BrNO2. The molecule has 2 aromatic carbocycles. The smallest absolute Gasteiger partial charge is 0.252 e. The minimum Gasteiger partial charge on any atom is -0.496 e. The zero-order valence-electron chi connectivity index (χ0n) is 12.1. The number of halogens is 1. The monoisotopic (exact) mass is 347 g/mol. The first kappa shape index (κ1) is 15.6. The van der Waals surface area contributed by atoms with E-state index in [2.05, 4.69) is 21.2 Å². The Bertz CT molecular complexity index is 628. The van der Waals surface area contributed by atoms with Crippen molar-refractivity contribution in [3.8, 4) is 5.75 Å². The number of carbonyl (C=O) groups is 1. The Balaban J connectivity index is 2.03. The number of ether oxygens (including phenoxy) is 1. The van der Waals surface area contributed by atoms with Gasteiger partial charge in [0.15, 0.2) is 0 Å². The first-order valence-corrected chi connectivity index (χ1v) is 7.58. The van der Waals surface area contributed by atoms with Crippen molar-refractivity contribution in [2.75, 3.05) is 7.11 Å². The Hall–Kier alpha value is -1.81. The maximum Gasteiger partial charge on any atom is 0.252 e. The average molecular weight is 348 g/mol. The molecule has 1 unspecified atom stereocenters. The molecule has 1 amide bonds. The van der Waals surface area contributed by atoms with E-state index >= 15 is 0 Å². The molecule has 2 rings (SSSR count). The average Bonchev–Trinajstić information content (AvgIpc) is 2.48. The summed E-state index contributed by atoms with van der Waals surface area (Å²) in [4.78, 5) is 12.2. The lowest BCUT2D eigenvalue weighted by Crippen LogP contribution is -2.34. The number of rotatable bonds is 5. The van der Waals surface area contributed by atoms with Crippen LogP contribution in [0.5, 0.6) is 5.75 Å². The first-order valence-electron chi connectivity index (χ1n) is 6.79. The van der Waals surface area contributed by atoms with Gasteiger partial charge in [-0.25, -0.2) is 0 Å². The summed E-state index contributed by atoms with van der Waals surface area (Å²) in [6, 6.07) is 15.3. The molecule has 1 atom stereocenters. The number of hydrogen-bond acceptors (Lipinski definition) is 2. The lowest BCUT2D eigenvalue weighted by molar-refractivity contribution is 0.0939. The van der Waals surface area contributed by atoms with E-state index in [0.717, 1.165) is 22.2 Å². The number of para-hydroxylation sites is 1. The summed E-state index contributed by atoms with van der Waals surface area (Å²) in [5, 5.41) is 3.01. The van der Waals surface area contributed by atoms with Crippen LogP contribution < -0.4 is 10.1 Å². The third-order valence-corrected chi connectivity index (χ3v) is 3.91. The van der Waals surface area contributed by atoms with Crippen molar-refractivity contribution in [2.24, 2.45) is 0 Å². The predicted molar refractivity (Wildman–Crippen MR) is 87.8 cm³/mol. The molecule has 2 aromatic rings. The van der Waals surface area contributed by atoms with Crippen molar-refractivity contribution < 1.29 is 9.53 Å². The van der Waals surface area contributed by atoms with Gasteiger partial charge in [-0.1, -0.05) is 30.3 Å². The second kappa shape index (κ2) is 7.27. The van der Waals surface area contributed by atoms with Crippen molar-refractivity contribution in [1.29, 1.82) is 0 Å². The Labute approximate surface area is 133 Å². The second-order valence-corrected chi connectivity index (χ2v) is 5.72. The van der Waals surface area contributed by atoms with Crippen LogP contribution >= 0.6 is 15.9 Å². The molecule has 0 heterocycles. The standard InChI is InChI=1S/C17H18BrNO2/c1-12(11-13-7-3-6-10-16(13)21-2)19-17(20)14-8-4-5-9-15(14)18/h3-10,12H,11H2,1-2H3,(H,19,20). The molecule has 3 nitrogen and oxygen atoms in total. The highest BCUT2D eigenvalue weighted by molar-refractivity contribution is 9.10. The van der Waals surface area contributed by atoms with Crippen molar-refractivity contribution >= 4 is 21.8 Å². The van der Waals surface area contributed by atoms with Gasteiger partial charge in [0, 0.05) is 10.5 Å². The van der Waals surface area contributed by atoms with E-state index in [9.17, 15) is 4.79 Å². The Morgan fingerprint density at radius 3 is 2.57 bits per heavy atom. The highest BCUT2D eigenvalue weighted by Gasteiger charge is 2.14. The van der Waals surface area contributed by atoms with Crippen LogP contribution in [0.2, 0.25) is 0 Å². The maximum atomic E-state index is 12.2. The number of carbonyl (C=O) groups excluding carboxylic acids is 1. The number of nitrogens with one attached hydrogen (secondary N) is 1. The normalized spacial score (nSPS) is 11.8. The maximum absolute atomic E-state index is 12.2. The van der Waals surface area contributed by atoms with Gasteiger partial charge in [0.05, 0.1) is 12.7 Å². The van der Waals surface area contributed by atoms with Crippen molar-refractivity contribution in [3.63, 3.8) is 0 Å². The summed E-state index contributed by atoms with van der Waals surface area (Å²) in [7, 11) is 1.66. The summed E-state index contributed by atoms with van der Waals surface area (Å²) in [6.07, 6.45) is 0.722. The quantitative estimate of drug-likeness (QED) is 0.892. The molecule has 0 aliphatic heterocycles. The number of amides is 1. The Morgan fingerprint density at radius 1 is 1.19 bits per heavy atom. The molecule has 0 saturated carbocycles. The molecule has 0 bridgehead atoms. The van der Waals surface area contributed by atoms with Crippen molar-refractivity contribution in [3.05, 3.63) is 64.1 Å². The van der Waals surface area contributed by atoms with E-state index in [0.29, 0.717) is 5.56 Å². The van der Waals surface area contributed by atoms with Crippen molar-refractivity contribution in [2.45, 2.75) is 19.4 Å². The van der Waals surface area contributed by atoms with Gasteiger partial charge in [0.1, 0.15) is 5.75 Å². The van der Waals surface area contributed by atoms with E-state index in [4.69, 9.17) is 4.74 Å². The summed E-state index contributed by atoms with van der Waals surface area (Å²) in [5.74, 6) is 0.768. The van der Waals surface area contributed by atoms with Crippen LogP contribution in [-0.4, -0.2) is 19.1 Å². The lowest BCUT2D eigenvalue weighted by Gasteiger charge is -2.16. The van der Waals surface area contributed by atoms with Gasteiger partial charge in [-0.3, -0.25) is 4.79 Å². The van der Waals surface area contributed by atoms with Crippen LogP contribution in [0.15, 0.2) is 53.0 Å². The van der Waals surface area contributed by atoms with Crippen LogP contribution in [0.1, 0.15) is 22.8 Å². The van der Waals surface area contributed by atoms with Gasteiger partial charge in [-0.05, 0) is 53.0 Å². The molecular weight excluding hydrogens is 330 g/mol. The summed E-state index contributed by atoms with van der Waals surface area (Å²) in [6.45, 7) is 1.99. The minimum atomic E-state index is -0.0788. The van der Waals surface area contributed by atoms with Crippen LogP contribution in [0.3, 0.4) is 0 Å². The van der Waals surface area contributed by atoms with Gasteiger partial charge in [0.2, 0.25) is 0 Å². The molecule has 0 aliphatic rings. The molecule has 0 fully saturated rings.